The molecule has 1 aliphatic rings. The van der Waals surface area contributed by atoms with E-state index >= 15 is 0 Å². The van der Waals surface area contributed by atoms with Crippen molar-refractivity contribution in [1.29, 1.82) is 0 Å². The molecule has 0 saturated carbocycles. The molecule has 0 unspecified atom stereocenters. The van der Waals surface area contributed by atoms with Crippen LogP contribution in [0.15, 0.2) is 52.0 Å². The second-order valence-electron chi connectivity index (χ2n) is 7.29. The maximum absolute atomic E-state index is 13.2. The predicted molar refractivity (Wildman–Crippen MR) is 106 cm³/mol. The average Bonchev–Trinajstić information content (AvgIpc) is 3.22. The number of rotatable bonds is 5. The summed E-state index contributed by atoms with van der Waals surface area (Å²) in [5.41, 5.74) is 2.76. The number of nitrogens with zero attached hydrogens (tertiary/aromatic N) is 3. The van der Waals surface area contributed by atoms with Gasteiger partial charge < -0.3 is 5.32 Å². The highest BCUT2D eigenvalue weighted by atomic mass is 32.2. The number of nitrogens with one attached hydrogen (secondary N) is 1. The topological polar surface area (TPSA) is 105 Å². The quantitative estimate of drug-likeness (QED) is 0.686. The van der Waals surface area contributed by atoms with Crippen LogP contribution in [0.3, 0.4) is 0 Å². The minimum absolute atomic E-state index is 0.0527. The summed E-state index contributed by atoms with van der Waals surface area (Å²) in [6, 6.07) is 12.7. The van der Waals surface area contributed by atoms with Crippen molar-refractivity contribution in [2.45, 2.75) is 31.2 Å². The van der Waals surface area contributed by atoms with Crippen LogP contribution in [0.2, 0.25) is 0 Å². The van der Waals surface area contributed by atoms with E-state index in [2.05, 4.69) is 20.3 Å². The Bertz CT molecular complexity index is 1120. The number of aryl methyl sites for hydroxylation is 1. The Morgan fingerprint density at radius 3 is 2.79 bits per heavy atom. The fourth-order valence-electron chi connectivity index (χ4n) is 3.54. The fourth-order valence-corrected chi connectivity index (χ4v) is 5.20. The number of amides is 1. The highest BCUT2D eigenvalue weighted by molar-refractivity contribution is 7.89. The summed E-state index contributed by atoms with van der Waals surface area (Å²) in [6.07, 6.45) is 1.27. The standard InChI is InChI=1S/C20H22N4O4S/c1-14-7-9-15(10-8-14)12-21-20(25)16-4-3-11-24(13-16)29(26,27)18-6-2-5-17-19(18)23-28-22-17/h2,5-10,16H,3-4,11-13H2,1H3,(H,21,25)/t16-/m0/s1. The van der Waals surface area contributed by atoms with Gasteiger partial charge >= 0.3 is 0 Å². The summed E-state index contributed by atoms with van der Waals surface area (Å²) in [4.78, 5) is 12.7. The summed E-state index contributed by atoms with van der Waals surface area (Å²) in [7, 11) is -3.81. The van der Waals surface area contributed by atoms with Crippen molar-refractivity contribution in [2.24, 2.45) is 5.92 Å². The number of piperidine rings is 1. The molecular formula is C20H22N4O4S. The Morgan fingerprint density at radius 2 is 2.00 bits per heavy atom. The zero-order chi connectivity index (χ0) is 20.4. The molecule has 3 aromatic rings. The van der Waals surface area contributed by atoms with E-state index in [0.717, 1.165) is 11.1 Å². The van der Waals surface area contributed by atoms with Crippen LogP contribution in [0.5, 0.6) is 0 Å². The molecule has 0 spiro atoms. The van der Waals surface area contributed by atoms with Gasteiger partial charge in [-0.1, -0.05) is 35.9 Å². The van der Waals surface area contributed by atoms with Crippen LogP contribution in [-0.2, 0) is 21.4 Å². The smallest absolute Gasteiger partial charge is 0.245 e. The molecular weight excluding hydrogens is 392 g/mol. The van der Waals surface area contributed by atoms with Crippen LogP contribution in [0, 0.1) is 12.8 Å². The molecule has 1 amide bonds. The normalized spacial score (nSPS) is 18.0. The molecule has 29 heavy (non-hydrogen) atoms. The number of carbonyl (C=O) groups excluding carboxylic acids is 1. The molecule has 2 aromatic carbocycles. The first kappa shape index (κ1) is 19.5. The van der Waals surface area contributed by atoms with Crippen molar-refractivity contribution in [3.63, 3.8) is 0 Å². The summed E-state index contributed by atoms with van der Waals surface area (Å²) < 4.78 is 32.4. The molecule has 1 atom stereocenters. The van der Waals surface area contributed by atoms with Crippen LogP contribution in [0.4, 0.5) is 0 Å². The third-order valence-corrected chi connectivity index (χ3v) is 7.11. The van der Waals surface area contributed by atoms with Crippen LogP contribution in [0.25, 0.3) is 11.0 Å². The molecule has 1 saturated heterocycles. The second-order valence-corrected chi connectivity index (χ2v) is 9.20. The number of hydrogen-bond acceptors (Lipinski definition) is 6. The van der Waals surface area contributed by atoms with Gasteiger partial charge in [-0.25, -0.2) is 13.0 Å². The van der Waals surface area contributed by atoms with Gasteiger partial charge in [0.05, 0.1) is 5.92 Å². The first-order valence-electron chi connectivity index (χ1n) is 9.50. The SMILES string of the molecule is Cc1ccc(CNC(=O)[C@H]2CCCN(S(=O)(=O)c3cccc4nonc34)C2)cc1. The van der Waals surface area contributed by atoms with E-state index in [-0.39, 0.29) is 22.9 Å². The molecule has 0 bridgehead atoms. The van der Waals surface area contributed by atoms with E-state index in [9.17, 15) is 13.2 Å². The molecule has 0 aliphatic carbocycles. The van der Waals surface area contributed by atoms with Crippen LogP contribution in [0.1, 0.15) is 24.0 Å². The highest BCUT2D eigenvalue weighted by Gasteiger charge is 2.34. The van der Waals surface area contributed by atoms with Gasteiger partial charge in [0.15, 0.2) is 5.52 Å². The number of sulfonamides is 1. The predicted octanol–water partition coefficient (Wildman–Crippen LogP) is 2.25. The van der Waals surface area contributed by atoms with Crippen molar-refractivity contribution in [1.82, 2.24) is 19.9 Å². The zero-order valence-corrected chi connectivity index (χ0v) is 16.9. The van der Waals surface area contributed by atoms with E-state index in [0.29, 0.717) is 31.4 Å². The molecule has 4 rings (SSSR count). The minimum atomic E-state index is -3.81. The van der Waals surface area contributed by atoms with Gasteiger partial charge in [-0.3, -0.25) is 4.79 Å². The number of fused-ring (bicyclic) bond motifs is 1. The van der Waals surface area contributed by atoms with Gasteiger partial charge in [0, 0.05) is 19.6 Å². The van der Waals surface area contributed by atoms with Crippen LogP contribution >= 0.6 is 0 Å². The van der Waals surface area contributed by atoms with Gasteiger partial charge in [0.1, 0.15) is 10.4 Å². The summed E-state index contributed by atoms with van der Waals surface area (Å²) in [5, 5.41) is 10.4. The maximum Gasteiger partial charge on any atom is 0.245 e. The molecule has 1 fully saturated rings. The minimum Gasteiger partial charge on any atom is -0.352 e. The summed E-state index contributed by atoms with van der Waals surface area (Å²) in [6.45, 7) is 2.94. The van der Waals surface area contributed by atoms with E-state index in [4.69, 9.17) is 0 Å². The molecule has 152 valence electrons. The zero-order valence-electron chi connectivity index (χ0n) is 16.0. The van der Waals surface area contributed by atoms with Gasteiger partial charge in [-0.2, -0.15) is 4.31 Å². The average molecular weight is 414 g/mol. The number of aromatic nitrogens is 2. The number of benzene rings is 2. The highest BCUT2D eigenvalue weighted by Crippen LogP contribution is 2.27. The molecule has 0 radical (unpaired) electrons. The van der Waals surface area contributed by atoms with Crippen molar-refractivity contribution in [2.75, 3.05) is 13.1 Å². The van der Waals surface area contributed by atoms with E-state index in [1.54, 1.807) is 12.1 Å². The van der Waals surface area contributed by atoms with Crippen molar-refractivity contribution >= 4 is 27.0 Å². The number of carbonyl (C=O) groups is 1. The van der Waals surface area contributed by atoms with Crippen LogP contribution in [-0.4, -0.2) is 42.0 Å². The first-order valence-corrected chi connectivity index (χ1v) is 10.9. The van der Waals surface area contributed by atoms with Gasteiger partial charge in [0.2, 0.25) is 15.9 Å². The van der Waals surface area contributed by atoms with E-state index in [1.807, 2.05) is 31.2 Å². The second kappa shape index (κ2) is 7.92. The van der Waals surface area contributed by atoms with Crippen molar-refractivity contribution in [3.05, 3.63) is 53.6 Å². The number of hydrogen-bond donors (Lipinski definition) is 1. The lowest BCUT2D eigenvalue weighted by Gasteiger charge is -2.31. The molecule has 9 heteroatoms. The van der Waals surface area contributed by atoms with Gasteiger partial charge in [-0.05, 0) is 47.8 Å². The molecule has 8 nitrogen and oxygen atoms in total. The Labute approximate surface area is 168 Å². The molecule has 2 heterocycles. The maximum atomic E-state index is 13.2. The van der Waals surface area contributed by atoms with Crippen LogP contribution < -0.4 is 5.32 Å². The summed E-state index contributed by atoms with van der Waals surface area (Å²) in [5.74, 6) is -0.523. The third kappa shape index (κ3) is 4.01. The lowest BCUT2D eigenvalue weighted by molar-refractivity contribution is -0.126. The fraction of sp³-hybridized carbons (Fsp3) is 0.350. The largest absolute Gasteiger partial charge is 0.352 e. The molecule has 1 N–H and O–H groups in total. The van der Waals surface area contributed by atoms with Gasteiger partial charge in [-0.15, -0.1) is 0 Å². The Balaban J connectivity index is 1.46. The molecule has 1 aromatic heterocycles. The Hall–Kier alpha value is -2.78. The monoisotopic (exact) mass is 414 g/mol. The lowest BCUT2D eigenvalue weighted by atomic mass is 9.98. The third-order valence-electron chi connectivity index (χ3n) is 5.21. The first-order chi connectivity index (χ1) is 13.9. The molecule has 1 aliphatic heterocycles. The van der Waals surface area contributed by atoms with E-state index in [1.165, 1.54) is 10.4 Å². The van der Waals surface area contributed by atoms with E-state index < -0.39 is 15.9 Å². The van der Waals surface area contributed by atoms with Crippen molar-refractivity contribution < 1.29 is 17.8 Å². The lowest BCUT2D eigenvalue weighted by Crippen LogP contribution is -2.45. The van der Waals surface area contributed by atoms with Gasteiger partial charge in [0.25, 0.3) is 0 Å². The summed E-state index contributed by atoms with van der Waals surface area (Å²) >= 11 is 0. The Morgan fingerprint density at radius 1 is 1.21 bits per heavy atom. The van der Waals surface area contributed by atoms with Crippen molar-refractivity contribution in [3.8, 4) is 0 Å². The Kier molecular flexibility index (Phi) is 5.33.